The molecule has 1 aliphatic rings. The number of hydrogen-bond donors (Lipinski definition) is 2. The van der Waals surface area contributed by atoms with E-state index in [-0.39, 0.29) is 5.25 Å². The summed E-state index contributed by atoms with van der Waals surface area (Å²) in [5, 5.41) is 6.08. The van der Waals surface area contributed by atoms with Crippen LogP contribution in [0.5, 0.6) is 0 Å². The lowest BCUT2D eigenvalue weighted by molar-refractivity contribution is 0.591. The molecule has 1 saturated heterocycles. The second-order valence-corrected chi connectivity index (χ2v) is 7.25. The van der Waals surface area contributed by atoms with Gasteiger partial charge in [-0.2, -0.15) is 0 Å². The topological polar surface area (TPSA) is 71.1 Å². The van der Waals surface area contributed by atoms with Crippen LogP contribution in [0.25, 0.3) is 0 Å². The van der Waals surface area contributed by atoms with Gasteiger partial charge in [-0.3, -0.25) is 0 Å². The molecule has 2 N–H and O–H groups in total. The summed E-state index contributed by atoms with van der Waals surface area (Å²) >= 11 is 0. The molecule has 0 aliphatic carbocycles. The standard InChI is InChI=1S/C13H21N3O2S/c1-2-8-14-12-6-3-7-13(16-12)15-10-11-5-4-9-19(11,17)18/h3,6-7,11H,2,4-5,8-10H2,1H3,(H2,14,15,16). The molecular weight excluding hydrogens is 262 g/mol. The minimum absolute atomic E-state index is 0.262. The van der Waals surface area contributed by atoms with E-state index in [0.29, 0.717) is 12.3 Å². The molecule has 6 heteroatoms. The van der Waals surface area contributed by atoms with Gasteiger partial charge in [-0.05, 0) is 31.4 Å². The molecule has 1 aliphatic heterocycles. The summed E-state index contributed by atoms with van der Waals surface area (Å²) in [7, 11) is -2.89. The van der Waals surface area contributed by atoms with Gasteiger partial charge in [0, 0.05) is 13.1 Å². The van der Waals surface area contributed by atoms with Crippen LogP contribution in [0.4, 0.5) is 11.6 Å². The Labute approximate surface area is 114 Å². The molecule has 2 rings (SSSR count). The van der Waals surface area contributed by atoms with Crippen LogP contribution in [-0.4, -0.2) is 37.5 Å². The largest absolute Gasteiger partial charge is 0.370 e. The number of nitrogens with one attached hydrogen (secondary N) is 2. The highest BCUT2D eigenvalue weighted by Crippen LogP contribution is 2.20. The molecule has 106 valence electrons. The summed E-state index contributed by atoms with van der Waals surface area (Å²) in [6, 6.07) is 5.68. The first-order valence-corrected chi connectivity index (χ1v) is 8.50. The first-order valence-electron chi connectivity index (χ1n) is 6.78. The molecule has 5 nitrogen and oxygen atoms in total. The molecule has 0 aromatic carbocycles. The number of sulfone groups is 1. The number of rotatable bonds is 6. The Kier molecular flexibility index (Phi) is 4.63. The molecular formula is C13H21N3O2S. The molecule has 1 aromatic rings. The lowest BCUT2D eigenvalue weighted by atomic mass is 10.2. The minimum Gasteiger partial charge on any atom is -0.370 e. The smallest absolute Gasteiger partial charge is 0.154 e. The van der Waals surface area contributed by atoms with Gasteiger partial charge in [0.15, 0.2) is 9.84 Å². The van der Waals surface area contributed by atoms with Crippen LogP contribution in [0, 0.1) is 0 Å². The van der Waals surface area contributed by atoms with Crippen LogP contribution in [0.1, 0.15) is 26.2 Å². The highest BCUT2D eigenvalue weighted by atomic mass is 32.2. The summed E-state index contributed by atoms with van der Waals surface area (Å²) < 4.78 is 23.4. The Morgan fingerprint density at radius 1 is 1.32 bits per heavy atom. The van der Waals surface area contributed by atoms with E-state index in [0.717, 1.165) is 37.4 Å². The zero-order valence-corrected chi connectivity index (χ0v) is 12.0. The van der Waals surface area contributed by atoms with Crippen molar-refractivity contribution >= 4 is 21.5 Å². The van der Waals surface area contributed by atoms with Crippen LogP contribution in [0.15, 0.2) is 18.2 Å². The third kappa shape index (κ3) is 3.83. The van der Waals surface area contributed by atoms with Crippen molar-refractivity contribution in [2.75, 3.05) is 29.5 Å². The Hall–Kier alpha value is -1.30. The third-order valence-corrected chi connectivity index (χ3v) is 5.55. The van der Waals surface area contributed by atoms with E-state index in [9.17, 15) is 8.42 Å². The molecule has 1 aromatic heterocycles. The summed E-state index contributed by atoms with van der Waals surface area (Å²) in [5.74, 6) is 1.87. The van der Waals surface area contributed by atoms with Crippen LogP contribution < -0.4 is 10.6 Å². The molecule has 1 fully saturated rings. The van der Waals surface area contributed by atoms with E-state index in [4.69, 9.17) is 0 Å². The molecule has 0 saturated carbocycles. The lowest BCUT2D eigenvalue weighted by Gasteiger charge is -2.12. The summed E-state index contributed by atoms with van der Waals surface area (Å²) in [6.07, 6.45) is 2.57. The van der Waals surface area contributed by atoms with Crippen LogP contribution in [-0.2, 0) is 9.84 Å². The highest BCUT2D eigenvalue weighted by molar-refractivity contribution is 7.92. The molecule has 2 heterocycles. The van der Waals surface area contributed by atoms with Gasteiger partial charge in [0.05, 0.1) is 11.0 Å². The SMILES string of the molecule is CCCNc1cccc(NCC2CCCS2(=O)=O)n1. The van der Waals surface area contributed by atoms with E-state index in [2.05, 4.69) is 22.5 Å². The monoisotopic (exact) mass is 283 g/mol. The van der Waals surface area contributed by atoms with Gasteiger partial charge in [-0.15, -0.1) is 0 Å². The van der Waals surface area contributed by atoms with E-state index >= 15 is 0 Å². The van der Waals surface area contributed by atoms with Crippen molar-refractivity contribution < 1.29 is 8.42 Å². The van der Waals surface area contributed by atoms with Gasteiger partial charge < -0.3 is 10.6 Å². The molecule has 0 radical (unpaired) electrons. The van der Waals surface area contributed by atoms with Gasteiger partial charge in [0.1, 0.15) is 11.6 Å². The number of hydrogen-bond acceptors (Lipinski definition) is 5. The predicted octanol–water partition coefficient (Wildman–Crippen LogP) is 1.89. The zero-order chi connectivity index (χ0) is 13.7. The van der Waals surface area contributed by atoms with Gasteiger partial charge in [0.25, 0.3) is 0 Å². The molecule has 19 heavy (non-hydrogen) atoms. The molecule has 1 unspecified atom stereocenters. The first-order chi connectivity index (χ1) is 9.12. The lowest BCUT2D eigenvalue weighted by Crippen LogP contribution is -2.25. The normalized spacial score (nSPS) is 21.2. The fraction of sp³-hybridized carbons (Fsp3) is 0.615. The average Bonchev–Trinajstić information content (AvgIpc) is 2.73. The maximum Gasteiger partial charge on any atom is 0.154 e. The fourth-order valence-electron chi connectivity index (χ4n) is 2.19. The van der Waals surface area contributed by atoms with E-state index in [1.807, 2.05) is 18.2 Å². The molecule has 0 amide bonds. The van der Waals surface area contributed by atoms with E-state index in [1.165, 1.54) is 0 Å². The highest BCUT2D eigenvalue weighted by Gasteiger charge is 2.30. The Morgan fingerprint density at radius 3 is 2.68 bits per heavy atom. The van der Waals surface area contributed by atoms with Crippen molar-refractivity contribution in [3.63, 3.8) is 0 Å². The fourth-order valence-corrected chi connectivity index (χ4v) is 3.96. The maximum atomic E-state index is 11.7. The average molecular weight is 283 g/mol. The van der Waals surface area contributed by atoms with Crippen molar-refractivity contribution in [3.8, 4) is 0 Å². The Balaban J connectivity index is 1.92. The summed E-state index contributed by atoms with van der Waals surface area (Å²) in [5.41, 5.74) is 0. The second-order valence-electron chi connectivity index (χ2n) is 4.85. The number of anilines is 2. The van der Waals surface area contributed by atoms with Crippen LogP contribution >= 0.6 is 0 Å². The molecule has 0 bridgehead atoms. The van der Waals surface area contributed by atoms with Crippen molar-refractivity contribution in [2.45, 2.75) is 31.4 Å². The van der Waals surface area contributed by atoms with E-state index in [1.54, 1.807) is 0 Å². The quantitative estimate of drug-likeness (QED) is 0.834. The third-order valence-electron chi connectivity index (χ3n) is 3.28. The predicted molar refractivity (Wildman–Crippen MR) is 78.3 cm³/mol. The number of aromatic nitrogens is 1. The minimum atomic E-state index is -2.89. The Bertz CT molecular complexity index is 516. The van der Waals surface area contributed by atoms with Crippen molar-refractivity contribution in [2.24, 2.45) is 0 Å². The van der Waals surface area contributed by atoms with Crippen molar-refractivity contribution in [3.05, 3.63) is 18.2 Å². The van der Waals surface area contributed by atoms with Gasteiger partial charge in [0.2, 0.25) is 0 Å². The maximum absolute atomic E-state index is 11.7. The molecule has 0 spiro atoms. The first kappa shape index (κ1) is 14.1. The summed E-state index contributed by atoms with van der Waals surface area (Å²) in [4.78, 5) is 4.40. The van der Waals surface area contributed by atoms with Crippen LogP contribution in [0.3, 0.4) is 0 Å². The zero-order valence-electron chi connectivity index (χ0n) is 11.2. The summed E-state index contributed by atoms with van der Waals surface area (Å²) in [6.45, 7) is 3.43. The van der Waals surface area contributed by atoms with Crippen LogP contribution in [0.2, 0.25) is 0 Å². The molecule has 1 atom stereocenters. The Morgan fingerprint density at radius 2 is 2.05 bits per heavy atom. The van der Waals surface area contributed by atoms with Crippen molar-refractivity contribution in [1.82, 2.24) is 4.98 Å². The van der Waals surface area contributed by atoms with Gasteiger partial charge in [-0.25, -0.2) is 13.4 Å². The van der Waals surface area contributed by atoms with Gasteiger partial charge >= 0.3 is 0 Å². The number of nitrogens with zero attached hydrogens (tertiary/aromatic N) is 1. The number of pyridine rings is 1. The van der Waals surface area contributed by atoms with Gasteiger partial charge in [-0.1, -0.05) is 13.0 Å². The van der Waals surface area contributed by atoms with E-state index < -0.39 is 9.84 Å². The van der Waals surface area contributed by atoms with Crippen molar-refractivity contribution in [1.29, 1.82) is 0 Å². The second kappa shape index (κ2) is 6.23.